The third kappa shape index (κ3) is 2.92. The van der Waals surface area contributed by atoms with Crippen LogP contribution in [0, 0.1) is 6.92 Å². The molecule has 0 spiro atoms. The van der Waals surface area contributed by atoms with Crippen LogP contribution in [0.25, 0.3) is 20.3 Å². The van der Waals surface area contributed by atoms with Crippen LogP contribution in [0.3, 0.4) is 0 Å². The van der Waals surface area contributed by atoms with E-state index in [1.54, 1.807) is 0 Å². The van der Waals surface area contributed by atoms with Crippen molar-refractivity contribution in [2.24, 2.45) is 0 Å². The fraction of sp³-hybridized carbons (Fsp3) is 0.105. The molecule has 0 radical (unpaired) electrons. The molecule has 0 aliphatic heterocycles. The number of anilines is 1. The Bertz CT molecular complexity index is 1160. The van der Waals surface area contributed by atoms with Crippen LogP contribution in [0.15, 0.2) is 59.7 Å². The zero-order valence-corrected chi connectivity index (χ0v) is 14.3. The number of aromatic nitrogens is 2. The number of rotatable bonds is 3. The third-order valence-electron chi connectivity index (χ3n) is 3.97. The Hall–Kier alpha value is -2.99. The number of thiophene rings is 1. The summed E-state index contributed by atoms with van der Waals surface area (Å²) in [6.45, 7) is 1.89. The Labute approximate surface area is 147 Å². The van der Waals surface area contributed by atoms with Crippen molar-refractivity contribution >= 4 is 43.2 Å². The molecular formula is C19H15N3O2S. The molecule has 4 aromatic rings. The highest BCUT2D eigenvalue weighted by Crippen LogP contribution is 2.29. The normalized spacial score (nSPS) is 11.1. The number of aryl methyl sites for hydroxylation is 1. The number of hydrogen-bond donors (Lipinski definition) is 1. The molecule has 0 saturated carbocycles. The van der Waals surface area contributed by atoms with E-state index in [0.29, 0.717) is 15.9 Å². The second kappa shape index (κ2) is 6.14. The van der Waals surface area contributed by atoms with Crippen molar-refractivity contribution < 1.29 is 4.79 Å². The molecule has 0 atom stereocenters. The Balaban J connectivity index is 1.65. The van der Waals surface area contributed by atoms with Gasteiger partial charge in [-0.05, 0) is 30.7 Å². The van der Waals surface area contributed by atoms with E-state index in [0.717, 1.165) is 15.6 Å². The molecule has 2 heterocycles. The molecule has 0 aliphatic carbocycles. The van der Waals surface area contributed by atoms with Crippen LogP contribution in [0.2, 0.25) is 0 Å². The van der Waals surface area contributed by atoms with Gasteiger partial charge in [0.2, 0.25) is 5.91 Å². The molecule has 5 nitrogen and oxygen atoms in total. The molecule has 0 saturated heterocycles. The number of fused-ring (bicyclic) bond motifs is 3. The van der Waals surface area contributed by atoms with Crippen LogP contribution in [0.5, 0.6) is 0 Å². The predicted octanol–water partition coefficient (Wildman–Crippen LogP) is 3.56. The number of nitrogens with one attached hydrogen (secondary N) is 1. The molecule has 124 valence electrons. The third-order valence-corrected chi connectivity index (χ3v) is 5.11. The highest BCUT2D eigenvalue weighted by molar-refractivity contribution is 7.25. The monoisotopic (exact) mass is 349 g/mol. The van der Waals surface area contributed by atoms with Gasteiger partial charge in [0.25, 0.3) is 5.56 Å². The summed E-state index contributed by atoms with van der Waals surface area (Å²) in [6.07, 6.45) is 1.44. The number of hydrogen-bond acceptors (Lipinski definition) is 4. The van der Waals surface area contributed by atoms with Gasteiger partial charge in [0.15, 0.2) is 0 Å². The van der Waals surface area contributed by atoms with Gasteiger partial charge in [-0.25, -0.2) is 4.98 Å². The summed E-state index contributed by atoms with van der Waals surface area (Å²) in [7, 11) is 0. The number of carbonyl (C=O) groups excluding carboxylic acids is 1. The molecule has 25 heavy (non-hydrogen) atoms. The van der Waals surface area contributed by atoms with Crippen LogP contribution in [0.1, 0.15) is 5.56 Å². The Morgan fingerprint density at radius 2 is 2.04 bits per heavy atom. The predicted molar refractivity (Wildman–Crippen MR) is 101 cm³/mol. The second-order valence-corrected chi connectivity index (χ2v) is 6.92. The molecule has 6 heteroatoms. The smallest absolute Gasteiger partial charge is 0.271 e. The van der Waals surface area contributed by atoms with Crippen molar-refractivity contribution in [2.45, 2.75) is 13.5 Å². The fourth-order valence-electron chi connectivity index (χ4n) is 2.81. The minimum absolute atomic E-state index is 0.0655. The fourth-order valence-corrected chi connectivity index (χ4v) is 3.91. The van der Waals surface area contributed by atoms with Gasteiger partial charge in [0, 0.05) is 15.8 Å². The summed E-state index contributed by atoms with van der Waals surface area (Å²) in [5, 5.41) is 3.78. The van der Waals surface area contributed by atoms with E-state index >= 15 is 0 Å². The SMILES string of the molecule is Cc1cccc(NC(=O)Cn2cnc3c(sc4ccccc43)c2=O)c1. The maximum atomic E-state index is 12.7. The van der Waals surface area contributed by atoms with E-state index in [1.807, 2.05) is 55.5 Å². The van der Waals surface area contributed by atoms with E-state index in [2.05, 4.69) is 10.3 Å². The molecule has 0 bridgehead atoms. The molecule has 4 rings (SSSR count). The van der Waals surface area contributed by atoms with Crippen molar-refractivity contribution in [3.8, 4) is 0 Å². The highest BCUT2D eigenvalue weighted by Gasteiger charge is 2.13. The summed E-state index contributed by atoms with van der Waals surface area (Å²) in [5.74, 6) is -0.255. The first kappa shape index (κ1) is 15.5. The first-order valence-electron chi connectivity index (χ1n) is 7.85. The number of nitrogens with zero attached hydrogens (tertiary/aromatic N) is 2. The Morgan fingerprint density at radius 3 is 2.88 bits per heavy atom. The summed E-state index contributed by atoms with van der Waals surface area (Å²) in [5.41, 5.74) is 2.28. The van der Waals surface area contributed by atoms with Crippen LogP contribution in [-0.2, 0) is 11.3 Å². The van der Waals surface area contributed by atoms with Crippen LogP contribution in [0.4, 0.5) is 5.69 Å². The van der Waals surface area contributed by atoms with Gasteiger partial charge in [-0.3, -0.25) is 14.2 Å². The van der Waals surface area contributed by atoms with E-state index in [1.165, 1.54) is 22.2 Å². The molecule has 0 unspecified atom stereocenters. The minimum Gasteiger partial charge on any atom is -0.325 e. The van der Waals surface area contributed by atoms with Gasteiger partial charge in [-0.2, -0.15) is 0 Å². The lowest BCUT2D eigenvalue weighted by Gasteiger charge is -2.07. The van der Waals surface area contributed by atoms with Gasteiger partial charge in [0.1, 0.15) is 11.2 Å². The van der Waals surface area contributed by atoms with E-state index in [4.69, 9.17) is 0 Å². The van der Waals surface area contributed by atoms with Crippen molar-refractivity contribution in [2.75, 3.05) is 5.32 Å². The first-order chi connectivity index (χ1) is 12.1. The van der Waals surface area contributed by atoms with Crippen molar-refractivity contribution in [3.05, 3.63) is 70.8 Å². The van der Waals surface area contributed by atoms with E-state index in [-0.39, 0.29) is 18.0 Å². The summed E-state index contributed by atoms with van der Waals surface area (Å²) in [4.78, 5) is 29.3. The quantitative estimate of drug-likeness (QED) is 0.615. The zero-order chi connectivity index (χ0) is 17.4. The number of amides is 1. The molecule has 1 amide bonds. The zero-order valence-electron chi connectivity index (χ0n) is 13.5. The van der Waals surface area contributed by atoms with Crippen LogP contribution in [-0.4, -0.2) is 15.5 Å². The standard InChI is InChI=1S/C19H15N3O2S/c1-12-5-4-6-13(9-12)21-16(23)10-22-11-20-17-14-7-2-3-8-15(14)25-18(17)19(22)24/h2-9,11H,10H2,1H3,(H,21,23). The lowest BCUT2D eigenvalue weighted by Crippen LogP contribution is -2.27. The number of benzene rings is 2. The molecule has 0 fully saturated rings. The molecular weight excluding hydrogens is 334 g/mol. The van der Waals surface area contributed by atoms with Gasteiger partial charge < -0.3 is 5.32 Å². The summed E-state index contributed by atoms with van der Waals surface area (Å²) >= 11 is 1.41. The van der Waals surface area contributed by atoms with Gasteiger partial charge in [-0.15, -0.1) is 11.3 Å². The average molecular weight is 349 g/mol. The van der Waals surface area contributed by atoms with E-state index < -0.39 is 0 Å². The van der Waals surface area contributed by atoms with Gasteiger partial charge in [-0.1, -0.05) is 30.3 Å². The van der Waals surface area contributed by atoms with Gasteiger partial charge >= 0.3 is 0 Å². The lowest BCUT2D eigenvalue weighted by atomic mass is 10.2. The molecule has 2 aromatic heterocycles. The lowest BCUT2D eigenvalue weighted by molar-refractivity contribution is -0.116. The van der Waals surface area contributed by atoms with Crippen LogP contribution >= 0.6 is 11.3 Å². The highest BCUT2D eigenvalue weighted by atomic mass is 32.1. The molecule has 2 aromatic carbocycles. The van der Waals surface area contributed by atoms with E-state index in [9.17, 15) is 9.59 Å². The number of carbonyl (C=O) groups is 1. The maximum Gasteiger partial charge on any atom is 0.271 e. The first-order valence-corrected chi connectivity index (χ1v) is 8.67. The Kier molecular flexibility index (Phi) is 3.82. The van der Waals surface area contributed by atoms with Gasteiger partial charge in [0.05, 0.1) is 11.8 Å². The van der Waals surface area contributed by atoms with Crippen molar-refractivity contribution in [1.29, 1.82) is 0 Å². The van der Waals surface area contributed by atoms with Crippen molar-refractivity contribution in [1.82, 2.24) is 9.55 Å². The van der Waals surface area contributed by atoms with Crippen molar-refractivity contribution in [3.63, 3.8) is 0 Å². The average Bonchev–Trinajstić information content (AvgIpc) is 2.97. The van der Waals surface area contributed by atoms with Crippen LogP contribution < -0.4 is 10.9 Å². The summed E-state index contributed by atoms with van der Waals surface area (Å²) < 4.78 is 2.94. The Morgan fingerprint density at radius 1 is 1.20 bits per heavy atom. The molecule has 1 N–H and O–H groups in total. The second-order valence-electron chi connectivity index (χ2n) is 5.87. The molecule has 0 aliphatic rings. The summed E-state index contributed by atoms with van der Waals surface area (Å²) in [6, 6.07) is 15.3. The maximum absolute atomic E-state index is 12.7. The minimum atomic E-state index is -0.255. The largest absolute Gasteiger partial charge is 0.325 e. The topological polar surface area (TPSA) is 64.0 Å².